The Morgan fingerprint density at radius 1 is 1.00 bits per heavy atom. The molecule has 0 spiro atoms. The lowest BCUT2D eigenvalue weighted by molar-refractivity contribution is 0.112. The Balaban J connectivity index is 2.48. The molecule has 3 heteroatoms. The molecule has 0 radical (unpaired) electrons. The first-order valence-corrected chi connectivity index (χ1v) is 4.75. The zero-order chi connectivity index (χ0) is 11.5. The molecule has 0 aliphatic carbocycles. The van der Waals surface area contributed by atoms with Crippen molar-refractivity contribution in [1.29, 1.82) is 0 Å². The second-order valence-electron chi connectivity index (χ2n) is 3.40. The van der Waals surface area contributed by atoms with Crippen LogP contribution in [0.3, 0.4) is 0 Å². The highest BCUT2D eigenvalue weighted by atomic mass is 19.1. The predicted octanol–water partition coefficient (Wildman–Crippen LogP) is 3.01. The van der Waals surface area contributed by atoms with Crippen LogP contribution < -0.4 is 0 Å². The van der Waals surface area contributed by atoms with Gasteiger partial charge in [0.2, 0.25) is 0 Å². The van der Waals surface area contributed by atoms with Crippen molar-refractivity contribution in [2.24, 2.45) is 0 Å². The number of phenolic OH excluding ortho intramolecular Hbond substituents is 1. The minimum atomic E-state index is -0.530. The fourth-order valence-electron chi connectivity index (χ4n) is 1.47. The van der Waals surface area contributed by atoms with Crippen molar-refractivity contribution in [3.05, 3.63) is 53.8 Å². The summed E-state index contributed by atoms with van der Waals surface area (Å²) < 4.78 is 13.1. The summed E-state index contributed by atoms with van der Waals surface area (Å²) in [5, 5.41) is 9.13. The fourth-order valence-corrected chi connectivity index (χ4v) is 1.47. The van der Waals surface area contributed by atoms with Gasteiger partial charge in [-0.15, -0.1) is 0 Å². The summed E-state index contributed by atoms with van der Waals surface area (Å²) in [4.78, 5) is 10.6. The molecule has 2 aromatic rings. The van der Waals surface area contributed by atoms with Gasteiger partial charge in [0, 0.05) is 0 Å². The van der Waals surface area contributed by atoms with Crippen LogP contribution in [0.4, 0.5) is 4.39 Å². The third-order valence-corrected chi connectivity index (χ3v) is 2.32. The minimum Gasteiger partial charge on any atom is -0.508 e. The SMILES string of the molecule is O=Cc1cc(-c2ccc(O)cc2)ccc1F. The molecule has 0 aliphatic rings. The summed E-state index contributed by atoms with van der Waals surface area (Å²) in [5.41, 5.74) is 1.59. The summed E-state index contributed by atoms with van der Waals surface area (Å²) >= 11 is 0. The molecule has 0 unspecified atom stereocenters. The van der Waals surface area contributed by atoms with Crippen molar-refractivity contribution >= 4 is 6.29 Å². The maximum absolute atomic E-state index is 13.1. The summed E-state index contributed by atoms with van der Waals surface area (Å²) in [7, 11) is 0. The second kappa shape index (κ2) is 4.14. The standard InChI is InChI=1S/C13H9FO2/c14-13-6-3-10(7-11(13)8-15)9-1-4-12(16)5-2-9/h1-8,16H. The molecule has 0 heterocycles. The predicted molar refractivity (Wildman–Crippen MR) is 58.9 cm³/mol. The molecular weight excluding hydrogens is 207 g/mol. The van der Waals surface area contributed by atoms with Crippen molar-refractivity contribution in [3.8, 4) is 16.9 Å². The monoisotopic (exact) mass is 216 g/mol. The van der Waals surface area contributed by atoms with Crippen LogP contribution >= 0.6 is 0 Å². The largest absolute Gasteiger partial charge is 0.508 e. The van der Waals surface area contributed by atoms with Gasteiger partial charge in [0.15, 0.2) is 6.29 Å². The highest BCUT2D eigenvalue weighted by molar-refractivity contribution is 5.79. The van der Waals surface area contributed by atoms with Gasteiger partial charge in [0.25, 0.3) is 0 Å². The maximum Gasteiger partial charge on any atom is 0.153 e. The molecule has 0 bridgehead atoms. The molecule has 80 valence electrons. The minimum absolute atomic E-state index is 0.0329. The van der Waals surface area contributed by atoms with Gasteiger partial charge in [0.05, 0.1) is 5.56 Å². The van der Waals surface area contributed by atoms with E-state index in [4.69, 9.17) is 5.11 Å². The van der Waals surface area contributed by atoms with E-state index in [1.54, 1.807) is 30.3 Å². The molecule has 2 nitrogen and oxygen atoms in total. The molecule has 0 aromatic heterocycles. The maximum atomic E-state index is 13.1. The number of rotatable bonds is 2. The topological polar surface area (TPSA) is 37.3 Å². The first kappa shape index (κ1) is 10.4. The van der Waals surface area contributed by atoms with E-state index in [9.17, 15) is 9.18 Å². The Labute approximate surface area is 92.0 Å². The van der Waals surface area contributed by atoms with E-state index >= 15 is 0 Å². The first-order chi connectivity index (χ1) is 7.70. The average Bonchev–Trinajstić information content (AvgIpc) is 2.31. The van der Waals surface area contributed by atoms with E-state index in [-0.39, 0.29) is 11.3 Å². The van der Waals surface area contributed by atoms with Crippen LogP contribution in [-0.2, 0) is 0 Å². The zero-order valence-corrected chi connectivity index (χ0v) is 8.35. The Morgan fingerprint density at radius 2 is 1.62 bits per heavy atom. The number of aldehydes is 1. The molecule has 0 atom stereocenters. The Morgan fingerprint density at radius 3 is 2.25 bits per heavy atom. The van der Waals surface area contributed by atoms with E-state index < -0.39 is 5.82 Å². The van der Waals surface area contributed by atoms with Crippen LogP contribution in [-0.4, -0.2) is 11.4 Å². The van der Waals surface area contributed by atoms with Gasteiger partial charge < -0.3 is 5.11 Å². The van der Waals surface area contributed by atoms with Crippen LogP contribution in [0.5, 0.6) is 5.75 Å². The molecule has 2 aromatic carbocycles. The van der Waals surface area contributed by atoms with Crippen molar-refractivity contribution in [1.82, 2.24) is 0 Å². The normalized spacial score (nSPS) is 10.1. The molecule has 0 aliphatic heterocycles. The van der Waals surface area contributed by atoms with E-state index in [1.165, 1.54) is 12.1 Å². The Bertz CT molecular complexity index is 518. The van der Waals surface area contributed by atoms with Crippen LogP contribution in [0.15, 0.2) is 42.5 Å². The van der Waals surface area contributed by atoms with Crippen molar-refractivity contribution in [2.45, 2.75) is 0 Å². The lowest BCUT2D eigenvalue weighted by atomic mass is 10.0. The van der Waals surface area contributed by atoms with Crippen LogP contribution in [0.2, 0.25) is 0 Å². The van der Waals surface area contributed by atoms with Crippen molar-refractivity contribution in [2.75, 3.05) is 0 Å². The summed E-state index contributed by atoms with van der Waals surface area (Å²) in [6.07, 6.45) is 0.485. The summed E-state index contributed by atoms with van der Waals surface area (Å²) in [6, 6.07) is 10.8. The zero-order valence-electron chi connectivity index (χ0n) is 8.35. The third kappa shape index (κ3) is 1.93. The number of halogens is 1. The summed E-state index contributed by atoms with van der Waals surface area (Å²) in [6.45, 7) is 0. The van der Waals surface area contributed by atoms with Gasteiger partial charge >= 0.3 is 0 Å². The highest BCUT2D eigenvalue weighted by Crippen LogP contribution is 2.23. The number of carbonyl (C=O) groups excluding carboxylic acids is 1. The number of benzene rings is 2. The molecule has 1 N–H and O–H groups in total. The van der Waals surface area contributed by atoms with Crippen LogP contribution in [0.25, 0.3) is 11.1 Å². The van der Waals surface area contributed by atoms with Crippen molar-refractivity contribution in [3.63, 3.8) is 0 Å². The van der Waals surface area contributed by atoms with Crippen molar-refractivity contribution < 1.29 is 14.3 Å². The van der Waals surface area contributed by atoms with Gasteiger partial charge in [-0.3, -0.25) is 4.79 Å². The molecule has 0 saturated heterocycles. The fraction of sp³-hybridized carbons (Fsp3) is 0. The molecular formula is C13H9FO2. The molecule has 2 rings (SSSR count). The number of aromatic hydroxyl groups is 1. The van der Waals surface area contributed by atoms with Crippen LogP contribution in [0.1, 0.15) is 10.4 Å². The van der Waals surface area contributed by atoms with E-state index in [2.05, 4.69) is 0 Å². The number of hydrogen-bond acceptors (Lipinski definition) is 2. The van der Waals surface area contributed by atoms with Gasteiger partial charge in [-0.25, -0.2) is 4.39 Å². The number of carbonyl (C=O) groups is 1. The van der Waals surface area contributed by atoms with Crippen LogP contribution in [0, 0.1) is 5.82 Å². The smallest absolute Gasteiger partial charge is 0.153 e. The third-order valence-electron chi connectivity index (χ3n) is 2.32. The lowest BCUT2D eigenvalue weighted by Gasteiger charge is -2.03. The highest BCUT2D eigenvalue weighted by Gasteiger charge is 2.04. The second-order valence-corrected chi connectivity index (χ2v) is 3.40. The average molecular weight is 216 g/mol. The van der Waals surface area contributed by atoms with E-state index in [1.807, 2.05) is 0 Å². The van der Waals surface area contributed by atoms with Gasteiger partial charge in [0.1, 0.15) is 11.6 Å². The molecule has 16 heavy (non-hydrogen) atoms. The van der Waals surface area contributed by atoms with Gasteiger partial charge in [-0.2, -0.15) is 0 Å². The molecule has 0 fully saturated rings. The lowest BCUT2D eigenvalue weighted by Crippen LogP contribution is -1.88. The van der Waals surface area contributed by atoms with Gasteiger partial charge in [-0.05, 0) is 35.4 Å². The first-order valence-electron chi connectivity index (χ1n) is 4.75. The number of phenols is 1. The quantitative estimate of drug-likeness (QED) is 0.783. The number of hydrogen-bond donors (Lipinski definition) is 1. The van der Waals surface area contributed by atoms with E-state index in [0.29, 0.717) is 6.29 Å². The van der Waals surface area contributed by atoms with E-state index in [0.717, 1.165) is 11.1 Å². The van der Waals surface area contributed by atoms with Gasteiger partial charge in [-0.1, -0.05) is 18.2 Å². The molecule has 0 amide bonds. The Hall–Kier alpha value is -2.16. The Kier molecular flexibility index (Phi) is 2.68. The summed E-state index contributed by atoms with van der Waals surface area (Å²) in [5.74, 6) is -0.362. The molecule has 0 saturated carbocycles.